The summed E-state index contributed by atoms with van der Waals surface area (Å²) in [6, 6.07) is 3.88. The second-order valence-electron chi connectivity index (χ2n) is 5.01. The fourth-order valence-corrected chi connectivity index (χ4v) is 2.38. The molecule has 1 fully saturated rings. The Morgan fingerprint density at radius 3 is 2.55 bits per heavy atom. The van der Waals surface area contributed by atoms with E-state index in [1.54, 1.807) is 12.5 Å². The molecule has 0 bridgehead atoms. The van der Waals surface area contributed by atoms with Crippen LogP contribution in [-0.2, 0) is 13.6 Å². The molecule has 0 radical (unpaired) electrons. The van der Waals surface area contributed by atoms with Gasteiger partial charge in [-0.25, -0.2) is 9.97 Å². The van der Waals surface area contributed by atoms with Crippen LogP contribution in [0.2, 0.25) is 0 Å². The van der Waals surface area contributed by atoms with Crippen molar-refractivity contribution >= 4 is 11.5 Å². The Labute approximate surface area is 118 Å². The van der Waals surface area contributed by atoms with Crippen LogP contribution in [0.25, 0.3) is 0 Å². The van der Waals surface area contributed by atoms with Crippen molar-refractivity contribution < 1.29 is 0 Å². The summed E-state index contributed by atoms with van der Waals surface area (Å²) in [6.07, 6.45) is 3.31. The molecule has 7 heteroatoms. The minimum atomic E-state index is 0.703. The van der Waals surface area contributed by atoms with Gasteiger partial charge in [-0.15, -0.1) is 0 Å². The van der Waals surface area contributed by atoms with E-state index in [0.717, 1.165) is 44.4 Å². The smallest absolute Gasteiger partial charge is 0.140 e. The Morgan fingerprint density at radius 1 is 1.15 bits per heavy atom. The monoisotopic (exact) mass is 273 g/mol. The number of aryl methyl sites for hydroxylation is 1. The Kier molecular flexibility index (Phi) is 3.51. The van der Waals surface area contributed by atoms with Crippen molar-refractivity contribution in [3.63, 3.8) is 0 Å². The number of piperazine rings is 1. The summed E-state index contributed by atoms with van der Waals surface area (Å²) in [5, 5.41) is 4.10. The second-order valence-corrected chi connectivity index (χ2v) is 5.01. The Balaban J connectivity index is 1.57. The van der Waals surface area contributed by atoms with Crippen molar-refractivity contribution in [2.24, 2.45) is 7.05 Å². The van der Waals surface area contributed by atoms with E-state index in [1.807, 2.05) is 23.9 Å². The van der Waals surface area contributed by atoms with Gasteiger partial charge in [0.2, 0.25) is 0 Å². The van der Waals surface area contributed by atoms with E-state index in [-0.39, 0.29) is 0 Å². The normalized spacial score (nSPS) is 16.6. The molecule has 3 heterocycles. The van der Waals surface area contributed by atoms with Crippen molar-refractivity contribution in [2.75, 3.05) is 36.8 Å². The fourth-order valence-electron chi connectivity index (χ4n) is 2.38. The number of rotatable bonds is 3. The highest BCUT2D eigenvalue weighted by atomic mass is 15.3. The van der Waals surface area contributed by atoms with E-state index in [1.165, 1.54) is 0 Å². The fraction of sp³-hybridized carbons (Fsp3) is 0.462. The van der Waals surface area contributed by atoms with E-state index < -0.39 is 0 Å². The summed E-state index contributed by atoms with van der Waals surface area (Å²) in [5.74, 6) is 2.00. The third kappa shape index (κ3) is 2.72. The molecular weight excluding hydrogens is 254 g/mol. The van der Waals surface area contributed by atoms with E-state index in [0.29, 0.717) is 5.69 Å². The Morgan fingerprint density at radius 2 is 1.95 bits per heavy atom. The quantitative estimate of drug-likeness (QED) is 0.855. The maximum absolute atomic E-state index is 5.66. The molecule has 0 amide bonds. The van der Waals surface area contributed by atoms with Gasteiger partial charge in [0.1, 0.15) is 18.0 Å². The molecule has 106 valence electrons. The van der Waals surface area contributed by atoms with Gasteiger partial charge in [-0.2, -0.15) is 5.10 Å². The van der Waals surface area contributed by atoms with Crippen LogP contribution in [0.1, 0.15) is 5.82 Å². The molecule has 2 aromatic rings. The maximum Gasteiger partial charge on any atom is 0.140 e. The standard InChI is InChI=1S/C13H19N7/c1-18-13(16-10-17-18)9-19-4-6-20(7-5-19)12-3-2-11(14)8-15-12/h2-3,8,10H,4-7,9,14H2,1H3. The largest absolute Gasteiger partial charge is 0.397 e. The summed E-state index contributed by atoms with van der Waals surface area (Å²) < 4.78 is 1.83. The van der Waals surface area contributed by atoms with Gasteiger partial charge < -0.3 is 10.6 Å². The third-order valence-corrected chi connectivity index (χ3v) is 3.64. The van der Waals surface area contributed by atoms with Crippen LogP contribution in [0.4, 0.5) is 11.5 Å². The molecule has 0 aromatic carbocycles. The van der Waals surface area contributed by atoms with E-state index >= 15 is 0 Å². The van der Waals surface area contributed by atoms with Gasteiger partial charge in [0, 0.05) is 33.2 Å². The molecule has 0 unspecified atom stereocenters. The van der Waals surface area contributed by atoms with Gasteiger partial charge in [0.05, 0.1) is 18.4 Å². The molecular formula is C13H19N7. The molecule has 0 spiro atoms. The lowest BCUT2D eigenvalue weighted by atomic mass is 10.3. The van der Waals surface area contributed by atoms with E-state index in [4.69, 9.17) is 5.73 Å². The Bertz CT molecular complexity index is 554. The number of nitrogen functional groups attached to an aromatic ring is 1. The first-order chi connectivity index (χ1) is 9.72. The topological polar surface area (TPSA) is 76.1 Å². The van der Waals surface area contributed by atoms with Crippen molar-refractivity contribution in [1.82, 2.24) is 24.6 Å². The predicted octanol–water partition coefficient (Wildman–Crippen LogP) is 0.115. The average molecular weight is 273 g/mol. The molecule has 3 rings (SSSR count). The van der Waals surface area contributed by atoms with Crippen LogP contribution in [-0.4, -0.2) is 50.8 Å². The van der Waals surface area contributed by atoms with Crippen molar-refractivity contribution in [2.45, 2.75) is 6.54 Å². The number of aromatic nitrogens is 4. The number of anilines is 2. The predicted molar refractivity (Wildman–Crippen MR) is 77.1 cm³/mol. The zero-order valence-electron chi connectivity index (χ0n) is 11.6. The Hall–Kier alpha value is -2.15. The number of pyridine rings is 1. The minimum absolute atomic E-state index is 0.703. The minimum Gasteiger partial charge on any atom is -0.397 e. The zero-order chi connectivity index (χ0) is 13.9. The number of nitrogens with two attached hydrogens (primary N) is 1. The summed E-state index contributed by atoms with van der Waals surface area (Å²) in [7, 11) is 1.93. The summed E-state index contributed by atoms with van der Waals surface area (Å²) in [4.78, 5) is 13.3. The summed E-state index contributed by atoms with van der Waals surface area (Å²) in [5.41, 5.74) is 6.37. The summed E-state index contributed by atoms with van der Waals surface area (Å²) >= 11 is 0. The van der Waals surface area contributed by atoms with Gasteiger partial charge in [-0.1, -0.05) is 0 Å². The van der Waals surface area contributed by atoms with Crippen LogP contribution in [0.5, 0.6) is 0 Å². The summed E-state index contributed by atoms with van der Waals surface area (Å²) in [6.45, 7) is 4.78. The lowest BCUT2D eigenvalue weighted by Crippen LogP contribution is -2.46. The second kappa shape index (κ2) is 5.46. The molecule has 0 saturated carbocycles. The van der Waals surface area contributed by atoms with Crippen molar-refractivity contribution in [3.8, 4) is 0 Å². The van der Waals surface area contributed by atoms with Crippen LogP contribution < -0.4 is 10.6 Å². The molecule has 0 atom stereocenters. The number of nitrogens with zero attached hydrogens (tertiary/aromatic N) is 6. The first-order valence-electron chi connectivity index (χ1n) is 6.74. The number of hydrogen-bond acceptors (Lipinski definition) is 6. The highest BCUT2D eigenvalue weighted by Crippen LogP contribution is 2.15. The van der Waals surface area contributed by atoms with E-state index in [9.17, 15) is 0 Å². The highest BCUT2D eigenvalue weighted by Gasteiger charge is 2.19. The van der Waals surface area contributed by atoms with Crippen molar-refractivity contribution in [1.29, 1.82) is 0 Å². The third-order valence-electron chi connectivity index (χ3n) is 3.64. The van der Waals surface area contributed by atoms with Crippen LogP contribution in [0.3, 0.4) is 0 Å². The zero-order valence-corrected chi connectivity index (χ0v) is 11.6. The van der Waals surface area contributed by atoms with Gasteiger partial charge in [-0.3, -0.25) is 9.58 Å². The molecule has 0 aliphatic carbocycles. The van der Waals surface area contributed by atoms with Crippen LogP contribution in [0.15, 0.2) is 24.7 Å². The number of hydrogen-bond donors (Lipinski definition) is 1. The van der Waals surface area contributed by atoms with Gasteiger partial charge >= 0.3 is 0 Å². The molecule has 20 heavy (non-hydrogen) atoms. The molecule has 2 N–H and O–H groups in total. The van der Waals surface area contributed by atoms with Gasteiger partial charge in [0.25, 0.3) is 0 Å². The average Bonchev–Trinajstić information content (AvgIpc) is 2.86. The molecule has 2 aromatic heterocycles. The highest BCUT2D eigenvalue weighted by molar-refractivity contribution is 5.46. The van der Waals surface area contributed by atoms with Crippen LogP contribution >= 0.6 is 0 Å². The van der Waals surface area contributed by atoms with Gasteiger partial charge in [0.15, 0.2) is 0 Å². The SMILES string of the molecule is Cn1ncnc1CN1CCN(c2ccc(N)cn2)CC1. The lowest BCUT2D eigenvalue weighted by Gasteiger charge is -2.35. The first-order valence-corrected chi connectivity index (χ1v) is 6.74. The van der Waals surface area contributed by atoms with E-state index in [2.05, 4.69) is 24.9 Å². The van der Waals surface area contributed by atoms with Crippen LogP contribution in [0, 0.1) is 0 Å². The molecule has 1 aliphatic heterocycles. The molecule has 1 aliphatic rings. The van der Waals surface area contributed by atoms with Crippen molar-refractivity contribution in [3.05, 3.63) is 30.5 Å². The molecule has 1 saturated heterocycles. The van der Waals surface area contributed by atoms with Gasteiger partial charge in [-0.05, 0) is 12.1 Å². The first kappa shape index (κ1) is 12.9. The lowest BCUT2D eigenvalue weighted by molar-refractivity contribution is 0.240. The maximum atomic E-state index is 5.66. The molecule has 7 nitrogen and oxygen atoms in total.